The number of carbonyl (C=O) groups excluding carboxylic acids is 1. The summed E-state index contributed by atoms with van der Waals surface area (Å²) in [6.07, 6.45) is 2.79. The smallest absolute Gasteiger partial charge is 0.410 e. The number of amides is 1. The highest BCUT2D eigenvalue weighted by Crippen LogP contribution is 2.17. The fourth-order valence-electron chi connectivity index (χ4n) is 2.65. The largest absolute Gasteiger partial charge is 0.444 e. The zero-order valence-electron chi connectivity index (χ0n) is 15.6. The van der Waals surface area contributed by atoms with Crippen molar-refractivity contribution in [2.24, 2.45) is 5.92 Å². The van der Waals surface area contributed by atoms with E-state index in [4.69, 9.17) is 9.47 Å². The standard InChI is InChI=1S/C17H34N2O3S/c1-13(12-23-6)10-18-14(2)9-15-11-21-8-7-19(15)16(20)22-17(3,4)5/h13-15,18H,7-12H2,1-6H3/t13-,14-,15-/m1/s1. The lowest BCUT2D eigenvalue weighted by Crippen LogP contribution is -2.52. The maximum atomic E-state index is 12.4. The summed E-state index contributed by atoms with van der Waals surface area (Å²) in [5.74, 6) is 1.81. The summed E-state index contributed by atoms with van der Waals surface area (Å²) in [4.78, 5) is 14.2. The van der Waals surface area contributed by atoms with Crippen LogP contribution >= 0.6 is 11.8 Å². The first kappa shape index (κ1) is 20.6. The molecule has 0 saturated carbocycles. The predicted molar refractivity (Wildman–Crippen MR) is 97.2 cm³/mol. The predicted octanol–water partition coefficient (Wildman–Crippen LogP) is 2.99. The molecule has 1 fully saturated rings. The van der Waals surface area contributed by atoms with Crippen LogP contribution in [0.3, 0.4) is 0 Å². The Kier molecular flexibility index (Phi) is 8.72. The molecule has 0 spiro atoms. The van der Waals surface area contributed by atoms with E-state index in [1.54, 1.807) is 0 Å². The number of rotatable bonds is 7. The highest BCUT2D eigenvalue weighted by Gasteiger charge is 2.31. The van der Waals surface area contributed by atoms with Crippen molar-refractivity contribution >= 4 is 17.9 Å². The molecule has 1 saturated heterocycles. The fourth-order valence-corrected chi connectivity index (χ4v) is 3.34. The SMILES string of the molecule is CSC[C@H](C)CN[C@H](C)C[C@@H]1COCCN1C(=O)OC(C)(C)C. The van der Waals surface area contributed by atoms with Gasteiger partial charge >= 0.3 is 6.09 Å². The molecule has 136 valence electrons. The fraction of sp³-hybridized carbons (Fsp3) is 0.941. The molecule has 1 heterocycles. The number of carbonyl (C=O) groups is 1. The van der Waals surface area contributed by atoms with Gasteiger partial charge in [-0.2, -0.15) is 11.8 Å². The summed E-state index contributed by atoms with van der Waals surface area (Å²) in [5.41, 5.74) is -0.461. The summed E-state index contributed by atoms with van der Waals surface area (Å²) in [5, 5.41) is 3.57. The molecule has 1 aliphatic rings. The van der Waals surface area contributed by atoms with Gasteiger partial charge in [-0.3, -0.25) is 0 Å². The molecule has 0 radical (unpaired) electrons. The number of hydrogen-bond acceptors (Lipinski definition) is 5. The van der Waals surface area contributed by atoms with Crippen LogP contribution in [0.25, 0.3) is 0 Å². The van der Waals surface area contributed by atoms with E-state index in [1.807, 2.05) is 37.4 Å². The number of hydrogen-bond donors (Lipinski definition) is 1. The van der Waals surface area contributed by atoms with Crippen molar-refractivity contribution in [3.05, 3.63) is 0 Å². The van der Waals surface area contributed by atoms with E-state index in [-0.39, 0.29) is 12.1 Å². The van der Waals surface area contributed by atoms with Crippen molar-refractivity contribution in [3.63, 3.8) is 0 Å². The van der Waals surface area contributed by atoms with Crippen molar-refractivity contribution in [1.29, 1.82) is 0 Å². The molecular formula is C17H34N2O3S. The van der Waals surface area contributed by atoms with Gasteiger partial charge < -0.3 is 19.7 Å². The third-order valence-corrected chi connectivity index (χ3v) is 4.65. The number of thioether (sulfide) groups is 1. The van der Waals surface area contributed by atoms with E-state index in [9.17, 15) is 4.79 Å². The van der Waals surface area contributed by atoms with Gasteiger partial charge in [-0.1, -0.05) is 6.92 Å². The highest BCUT2D eigenvalue weighted by atomic mass is 32.2. The van der Waals surface area contributed by atoms with E-state index < -0.39 is 5.60 Å². The molecule has 5 nitrogen and oxygen atoms in total. The van der Waals surface area contributed by atoms with Gasteiger partial charge in [-0.15, -0.1) is 0 Å². The lowest BCUT2D eigenvalue weighted by atomic mass is 10.1. The van der Waals surface area contributed by atoms with E-state index in [1.165, 1.54) is 0 Å². The van der Waals surface area contributed by atoms with Crippen LogP contribution < -0.4 is 5.32 Å². The van der Waals surface area contributed by atoms with Gasteiger partial charge in [-0.05, 0) is 58.6 Å². The number of nitrogens with one attached hydrogen (secondary N) is 1. The highest BCUT2D eigenvalue weighted by molar-refractivity contribution is 7.98. The normalized spacial score (nSPS) is 21.8. The topological polar surface area (TPSA) is 50.8 Å². The van der Waals surface area contributed by atoms with Crippen molar-refractivity contribution in [1.82, 2.24) is 10.2 Å². The second kappa shape index (κ2) is 9.74. The molecule has 1 N–H and O–H groups in total. The Hall–Kier alpha value is -0.460. The Balaban J connectivity index is 2.49. The molecule has 0 aromatic heterocycles. The lowest BCUT2D eigenvalue weighted by Gasteiger charge is -2.37. The molecule has 6 heteroatoms. The molecule has 0 unspecified atom stereocenters. The second-order valence-corrected chi connectivity index (χ2v) is 8.42. The Labute approximate surface area is 145 Å². The van der Waals surface area contributed by atoms with Gasteiger partial charge in [-0.25, -0.2) is 4.79 Å². The quantitative estimate of drug-likeness (QED) is 0.768. The van der Waals surface area contributed by atoms with E-state index in [2.05, 4.69) is 25.4 Å². The molecule has 0 aliphatic carbocycles. The summed E-state index contributed by atoms with van der Waals surface area (Å²) < 4.78 is 11.1. The average molecular weight is 347 g/mol. The monoisotopic (exact) mass is 346 g/mol. The van der Waals surface area contributed by atoms with Crippen molar-refractivity contribution in [2.75, 3.05) is 38.3 Å². The summed E-state index contributed by atoms with van der Waals surface area (Å²) in [7, 11) is 0. The Morgan fingerprint density at radius 1 is 1.43 bits per heavy atom. The van der Waals surface area contributed by atoms with Gasteiger partial charge in [0, 0.05) is 12.6 Å². The van der Waals surface area contributed by atoms with Crippen LogP contribution in [-0.4, -0.2) is 67.0 Å². The Morgan fingerprint density at radius 3 is 2.74 bits per heavy atom. The molecule has 1 aliphatic heterocycles. The minimum absolute atomic E-state index is 0.0805. The third-order valence-electron chi connectivity index (χ3n) is 3.75. The van der Waals surface area contributed by atoms with E-state index in [0.717, 1.165) is 18.7 Å². The van der Waals surface area contributed by atoms with Gasteiger partial charge in [0.2, 0.25) is 0 Å². The van der Waals surface area contributed by atoms with Crippen LogP contribution in [0.15, 0.2) is 0 Å². The molecular weight excluding hydrogens is 312 g/mol. The molecule has 0 aromatic rings. The second-order valence-electron chi connectivity index (χ2n) is 7.51. The molecule has 0 aromatic carbocycles. The van der Waals surface area contributed by atoms with Crippen LogP contribution in [0.2, 0.25) is 0 Å². The zero-order chi connectivity index (χ0) is 17.5. The zero-order valence-corrected chi connectivity index (χ0v) is 16.4. The van der Waals surface area contributed by atoms with Gasteiger partial charge in [0.1, 0.15) is 5.60 Å². The number of morpholine rings is 1. The molecule has 1 rings (SSSR count). The van der Waals surface area contributed by atoms with Gasteiger partial charge in [0.15, 0.2) is 0 Å². The molecule has 23 heavy (non-hydrogen) atoms. The summed E-state index contributed by atoms with van der Waals surface area (Å²) in [6.45, 7) is 12.9. The minimum atomic E-state index is -0.461. The van der Waals surface area contributed by atoms with Crippen LogP contribution in [0.5, 0.6) is 0 Å². The Morgan fingerprint density at radius 2 is 2.13 bits per heavy atom. The molecule has 3 atom stereocenters. The third kappa shape index (κ3) is 8.27. The first-order valence-corrected chi connectivity index (χ1v) is 9.92. The maximum absolute atomic E-state index is 12.4. The maximum Gasteiger partial charge on any atom is 0.410 e. The molecule has 0 bridgehead atoms. The van der Waals surface area contributed by atoms with E-state index in [0.29, 0.717) is 31.7 Å². The van der Waals surface area contributed by atoms with Crippen LogP contribution in [-0.2, 0) is 9.47 Å². The summed E-state index contributed by atoms with van der Waals surface area (Å²) in [6, 6.07) is 0.424. The first-order valence-electron chi connectivity index (χ1n) is 8.52. The molecule has 1 amide bonds. The van der Waals surface area contributed by atoms with E-state index >= 15 is 0 Å². The van der Waals surface area contributed by atoms with Crippen molar-refractivity contribution in [2.45, 2.75) is 58.7 Å². The number of nitrogens with zero attached hydrogens (tertiary/aromatic N) is 1. The van der Waals surface area contributed by atoms with Crippen LogP contribution in [0, 0.1) is 5.92 Å². The van der Waals surface area contributed by atoms with Crippen molar-refractivity contribution < 1.29 is 14.3 Å². The number of ether oxygens (including phenoxy) is 2. The Bertz CT molecular complexity index is 360. The average Bonchev–Trinajstić information content (AvgIpc) is 2.44. The van der Waals surface area contributed by atoms with Crippen LogP contribution in [0.1, 0.15) is 41.0 Å². The lowest BCUT2D eigenvalue weighted by molar-refractivity contribution is -0.0356. The van der Waals surface area contributed by atoms with Gasteiger partial charge in [0.25, 0.3) is 0 Å². The minimum Gasteiger partial charge on any atom is -0.444 e. The summed E-state index contributed by atoms with van der Waals surface area (Å²) >= 11 is 1.88. The van der Waals surface area contributed by atoms with Crippen molar-refractivity contribution in [3.8, 4) is 0 Å². The first-order chi connectivity index (χ1) is 10.7. The van der Waals surface area contributed by atoms with Gasteiger partial charge in [0.05, 0.1) is 19.3 Å². The van der Waals surface area contributed by atoms with Crippen LogP contribution in [0.4, 0.5) is 4.79 Å².